The Morgan fingerprint density at radius 1 is 1.57 bits per heavy atom. The van der Waals surface area contributed by atoms with Crippen LogP contribution in [0.2, 0.25) is 0 Å². The predicted octanol–water partition coefficient (Wildman–Crippen LogP) is 1.65. The van der Waals surface area contributed by atoms with Gasteiger partial charge < -0.3 is 5.32 Å². The summed E-state index contributed by atoms with van der Waals surface area (Å²) in [6.45, 7) is -0.277. The van der Waals surface area contributed by atoms with Crippen molar-refractivity contribution in [2.24, 2.45) is 0 Å². The molecule has 0 amide bonds. The van der Waals surface area contributed by atoms with Crippen LogP contribution in [0, 0.1) is 11.3 Å². The maximum Gasteiger partial charge on any atom is 0.390 e. The smallest absolute Gasteiger partial charge is 0.369 e. The topological polar surface area (TPSA) is 64.5 Å². The highest BCUT2D eigenvalue weighted by molar-refractivity contribution is 5.49. The first kappa shape index (κ1) is 10.4. The molecular weight excluding hydrogens is 197 g/mol. The second kappa shape index (κ2) is 4.00. The molecule has 2 N–H and O–H groups in total. The molecule has 76 valence electrons. The van der Waals surface area contributed by atoms with E-state index in [4.69, 9.17) is 5.26 Å². The van der Waals surface area contributed by atoms with Crippen LogP contribution in [0.3, 0.4) is 0 Å². The monoisotopic (exact) mass is 204 g/mol. The summed E-state index contributed by atoms with van der Waals surface area (Å²) in [6, 6.07) is 1.79. The average Bonchev–Trinajstić information content (AvgIpc) is 2.49. The molecule has 0 bridgehead atoms. The Balaban J connectivity index is 2.43. The lowest BCUT2D eigenvalue weighted by Gasteiger charge is -2.06. The third-order valence-electron chi connectivity index (χ3n) is 1.47. The molecule has 0 saturated carbocycles. The third kappa shape index (κ3) is 2.97. The van der Waals surface area contributed by atoms with Gasteiger partial charge in [0.25, 0.3) is 0 Å². The van der Waals surface area contributed by atoms with Crippen LogP contribution in [0.25, 0.3) is 0 Å². The lowest BCUT2D eigenvalue weighted by Crippen LogP contribution is -2.15. The molecule has 0 unspecified atom stereocenters. The number of hydrogen-bond donors (Lipinski definition) is 2. The SMILES string of the molecule is N#Cc1cn[nH]c1NCCC(F)(F)F. The largest absolute Gasteiger partial charge is 0.390 e. The molecule has 1 aromatic heterocycles. The first-order valence-electron chi connectivity index (χ1n) is 3.77. The standard InChI is InChI=1S/C7H7F3N4/c8-7(9,10)1-2-12-6-5(3-11)4-13-14-6/h4H,1-2H2,(H2,12,13,14). The molecule has 14 heavy (non-hydrogen) atoms. The van der Waals surface area contributed by atoms with Crippen LogP contribution < -0.4 is 5.32 Å². The number of aromatic nitrogens is 2. The van der Waals surface area contributed by atoms with E-state index in [2.05, 4.69) is 15.5 Å². The van der Waals surface area contributed by atoms with Gasteiger partial charge in [0, 0.05) is 6.54 Å². The Labute approximate surface area is 77.7 Å². The van der Waals surface area contributed by atoms with Crippen LogP contribution in [-0.2, 0) is 0 Å². The Kier molecular flexibility index (Phi) is 2.96. The number of nitrogens with zero attached hydrogens (tertiary/aromatic N) is 2. The zero-order valence-corrected chi connectivity index (χ0v) is 7.02. The zero-order valence-electron chi connectivity index (χ0n) is 7.02. The molecule has 1 heterocycles. The molecule has 0 fully saturated rings. The van der Waals surface area contributed by atoms with Gasteiger partial charge in [0.2, 0.25) is 0 Å². The van der Waals surface area contributed by atoms with Gasteiger partial charge in [0.05, 0.1) is 12.6 Å². The normalized spacial score (nSPS) is 11.0. The molecular formula is C7H7F3N4. The Bertz CT molecular complexity index is 335. The van der Waals surface area contributed by atoms with Crippen molar-refractivity contribution in [3.63, 3.8) is 0 Å². The summed E-state index contributed by atoms with van der Waals surface area (Å²) in [7, 11) is 0. The van der Waals surface area contributed by atoms with Crippen molar-refractivity contribution in [3.8, 4) is 6.07 Å². The number of nitrogens with one attached hydrogen (secondary N) is 2. The maximum absolute atomic E-state index is 11.7. The maximum atomic E-state index is 11.7. The molecule has 0 aromatic carbocycles. The number of anilines is 1. The number of H-pyrrole nitrogens is 1. The molecule has 0 aliphatic carbocycles. The van der Waals surface area contributed by atoms with Gasteiger partial charge in [-0.25, -0.2) is 0 Å². The van der Waals surface area contributed by atoms with Gasteiger partial charge in [-0.1, -0.05) is 0 Å². The van der Waals surface area contributed by atoms with Gasteiger partial charge in [-0.3, -0.25) is 5.10 Å². The molecule has 4 nitrogen and oxygen atoms in total. The van der Waals surface area contributed by atoms with E-state index in [0.29, 0.717) is 0 Å². The van der Waals surface area contributed by atoms with Crippen LogP contribution in [0.5, 0.6) is 0 Å². The molecule has 1 aromatic rings. The fraction of sp³-hybridized carbons (Fsp3) is 0.429. The minimum Gasteiger partial charge on any atom is -0.369 e. The number of halogens is 3. The van der Waals surface area contributed by atoms with Crippen LogP contribution >= 0.6 is 0 Å². The van der Waals surface area contributed by atoms with E-state index in [1.807, 2.05) is 0 Å². The number of nitriles is 1. The highest BCUT2D eigenvalue weighted by atomic mass is 19.4. The summed E-state index contributed by atoms with van der Waals surface area (Å²) in [6.07, 6.45) is -3.90. The molecule has 0 spiro atoms. The van der Waals surface area contributed by atoms with Crippen LogP contribution in [0.4, 0.5) is 19.0 Å². The van der Waals surface area contributed by atoms with E-state index in [0.717, 1.165) is 0 Å². The zero-order chi connectivity index (χ0) is 10.6. The molecule has 0 saturated heterocycles. The molecule has 0 atom stereocenters. The Morgan fingerprint density at radius 2 is 2.29 bits per heavy atom. The lowest BCUT2D eigenvalue weighted by molar-refractivity contribution is -0.131. The van der Waals surface area contributed by atoms with Gasteiger partial charge in [0.1, 0.15) is 17.5 Å². The van der Waals surface area contributed by atoms with Crippen molar-refractivity contribution in [1.29, 1.82) is 5.26 Å². The average molecular weight is 204 g/mol. The molecule has 0 aliphatic rings. The predicted molar refractivity (Wildman–Crippen MR) is 42.5 cm³/mol. The minimum atomic E-state index is -4.19. The number of hydrogen-bond acceptors (Lipinski definition) is 3. The second-order valence-electron chi connectivity index (χ2n) is 2.56. The van der Waals surface area contributed by atoms with Gasteiger partial charge >= 0.3 is 6.18 Å². The quantitative estimate of drug-likeness (QED) is 0.786. The van der Waals surface area contributed by atoms with Crippen molar-refractivity contribution >= 4 is 5.82 Å². The first-order chi connectivity index (χ1) is 6.53. The van der Waals surface area contributed by atoms with Crippen molar-refractivity contribution in [2.75, 3.05) is 11.9 Å². The highest BCUT2D eigenvalue weighted by Gasteiger charge is 2.26. The number of rotatable bonds is 3. The molecule has 7 heteroatoms. The highest BCUT2D eigenvalue weighted by Crippen LogP contribution is 2.19. The van der Waals surface area contributed by atoms with E-state index in [1.165, 1.54) is 6.20 Å². The van der Waals surface area contributed by atoms with E-state index < -0.39 is 12.6 Å². The summed E-state index contributed by atoms with van der Waals surface area (Å²) < 4.78 is 35.2. The fourth-order valence-corrected chi connectivity index (χ4v) is 0.835. The fourth-order valence-electron chi connectivity index (χ4n) is 0.835. The van der Waals surface area contributed by atoms with Gasteiger partial charge in [-0.05, 0) is 0 Å². The molecule has 0 radical (unpaired) electrons. The van der Waals surface area contributed by atoms with Crippen molar-refractivity contribution in [1.82, 2.24) is 10.2 Å². The van der Waals surface area contributed by atoms with Gasteiger partial charge in [-0.2, -0.15) is 23.5 Å². The van der Waals surface area contributed by atoms with Crippen LogP contribution in [-0.4, -0.2) is 22.9 Å². The van der Waals surface area contributed by atoms with Crippen LogP contribution in [0.15, 0.2) is 6.20 Å². The second-order valence-corrected chi connectivity index (χ2v) is 2.56. The summed E-state index contributed by atoms with van der Waals surface area (Å²) in [5.74, 6) is 0.219. The van der Waals surface area contributed by atoms with Crippen LogP contribution in [0.1, 0.15) is 12.0 Å². The van der Waals surface area contributed by atoms with E-state index >= 15 is 0 Å². The third-order valence-corrected chi connectivity index (χ3v) is 1.47. The van der Waals surface area contributed by atoms with Crippen molar-refractivity contribution < 1.29 is 13.2 Å². The van der Waals surface area contributed by atoms with Gasteiger partial charge in [-0.15, -0.1) is 0 Å². The summed E-state index contributed by atoms with van der Waals surface area (Å²) in [4.78, 5) is 0. The Hall–Kier alpha value is -1.71. The lowest BCUT2D eigenvalue weighted by atomic mass is 10.3. The molecule has 1 rings (SSSR count). The van der Waals surface area contributed by atoms with E-state index in [1.54, 1.807) is 6.07 Å². The van der Waals surface area contributed by atoms with Crippen molar-refractivity contribution in [3.05, 3.63) is 11.8 Å². The van der Waals surface area contributed by atoms with Gasteiger partial charge in [0.15, 0.2) is 0 Å². The van der Waals surface area contributed by atoms with Crippen molar-refractivity contribution in [2.45, 2.75) is 12.6 Å². The summed E-state index contributed by atoms with van der Waals surface area (Å²) in [5, 5.41) is 16.8. The first-order valence-corrected chi connectivity index (χ1v) is 3.77. The minimum absolute atomic E-state index is 0.201. The summed E-state index contributed by atoms with van der Waals surface area (Å²) in [5.41, 5.74) is 0.201. The number of alkyl halides is 3. The molecule has 0 aliphatic heterocycles. The van der Waals surface area contributed by atoms with E-state index in [9.17, 15) is 13.2 Å². The van der Waals surface area contributed by atoms with E-state index in [-0.39, 0.29) is 17.9 Å². The summed E-state index contributed by atoms with van der Waals surface area (Å²) >= 11 is 0. The Morgan fingerprint density at radius 3 is 2.86 bits per heavy atom. The number of aromatic amines is 1.